The van der Waals surface area contributed by atoms with Gasteiger partial charge in [-0.2, -0.15) is 0 Å². The lowest BCUT2D eigenvalue weighted by Gasteiger charge is -2.33. The number of ether oxygens (including phenoxy) is 1. The monoisotopic (exact) mass is 321 g/mol. The van der Waals surface area contributed by atoms with Gasteiger partial charge in [-0.3, -0.25) is 4.79 Å². The third-order valence-electron chi connectivity index (χ3n) is 2.91. The fourth-order valence-electron chi connectivity index (χ4n) is 1.89. The SMILES string of the molecule is O=C(O)C1COCCN1C(=O)c1cc(F)c(Cl)cc1Cl. The predicted molar refractivity (Wildman–Crippen MR) is 69.7 cm³/mol. The minimum atomic E-state index is -1.19. The van der Waals surface area contributed by atoms with Crippen LogP contribution in [0.15, 0.2) is 12.1 Å². The fraction of sp³-hybridized carbons (Fsp3) is 0.333. The van der Waals surface area contributed by atoms with Crippen molar-refractivity contribution in [3.8, 4) is 0 Å². The molecule has 0 saturated carbocycles. The summed E-state index contributed by atoms with van der Waals surface area (Å²) in [5, 5.41) is 8.83. The van der Waals surface area contributed by atoms with Crippen LogP contribution in [-0.2, 0) is 9.53 Å². The van der Waals surface area contributed by atoms with Gasteiger partial charge in [0, 0.05) is 6.54 Å². The minimum Gasteiger partial charge on any atom is -0.480 e. The van der Waals surface area contributed by atoms with Crippen molar-refractivity contribution < 1.29 is 23.8 Å². The van der Waals surface area contributed by atoms with Crippen LogP contribution in [0.3, 0.4) is 0 Å². The molecule has 1 aromatic rings. The standard InChI is InChI=1S/C12H10Cl2FNO4/c13-7-4-8(14)9(15)3-6(7)11(17)16-1-2-20-5-10(16)12(18)19/h3-4,10H,1-2,5H2,(H,18,19). The number of rotatable bonds is 2. The van der Waals surface area contributed by atoms with Crippen LogP contribution in [0.5, 0.6) is 0 Å². The third-order valence-corrected chi connectivity index (χ3v) is 3.52. The molecule has 2 rings (SSSR count). The number of benzene rings is 1. The summed E-state index contributed by atoms with van der Waals surface area (Å²) in [6.45, 7) is 0.189. The molecule has 108 valence electrons. The van der Waals surface area contributed by atoms with Gasteiger partial charge >= 0.3 is 5.97 Å². The number of carboxylic acid groups (broad SMARTS) is 1. The van der Waals surface area contributed by atoms with Crippen LogP contribution in [0.2, 0.25) is 10.0 Å². The number of halogens is 3. The van der Waals surface area contributed by atoms with E-state index in [0.29, 0.717) is 0 Å². The Morgan fingerprint density at radius 2 is 2.05 bits per heavy atom. The van der Waals surface area contributed by atoms with Gasteiger partial charge in [0.25, 0.3) is 5.91 Å². The van der Waals surface area contributed by atoms with Crippen molar-refractivity contribution in [3.63, 3.8) is 0 Å². The lowest BCUT2D eigenvalue weighted by molar-refractivity contribution is -0.147. The van der Waals surface area contributed by atoms with Crippen molar-refractivity contribution in [2.24, 2.45) is 0 Å². The van der Waals surface area contributed by atoms with Crippen LogP contribution in [0.25, 0.3) is 0 Å². The molecule has 5 nitrogen and oxygen atoms in total. The molecular weight excluding hydrogens is 312 g/mol. The van der Waals surface area contributed by atoms with Gasteiger partial charge in [0.15, 0.2) is 6.04 Å². The highest BCUT2D eigenvalue weighted by molar-refractivity contribution is 6.36. The van der Waals surface area contributed by atoms with E-state index in [4.69, 9.17) is 33.0 Å². The third kappa shape index (κ3) is 2.87. The van der Waals surface area contributed by atoms with E-state index in [9.17, 15) is 14.0 Å². The second-order valence-electron chi connectivity index (χ2n) is 4.17. The summed E-state index contributed by atoms with van der Waals surface area (Å²) in [7, 11) is 0. The lowest BCUT2D eigenvalue weighted by atomic mass is 10.1. The van der Waals surface area contributed by atoms with Crippen molar-refractivity contribution in [1.82, 2.24) is 4.90 Å². The average molecular weight is 322 g/mol. The molecule has 1 saturated heterocycles. The Hall–Kier alpha value is -1.37. The van der Waals surface area contributed by atoms with E-state index in [2.05, 4.69) is 0 Å². The summed E-state index contributed by atoms with van der Waals surface area (Å²) in [4.78, 5) is 24.5. The van der Waals surface area contributed by atoms with E-state index < -0.39 is 23.7 Å². The molecule has 8 heteroatoms. The summed E-state index contributed by atoms with van der Waals surface area (Å²) in [5.41, 5.74) is -0.123. The zero-order valence-corrected chi connectivity index (χ0v) is 11.6. The molecule has 0 bridgehead atoms. The molecule has 1 aliphatic heterocycles. The predicted octanol–water partition coefficient (Wildman–Crippen LogP) is 2.06. The second-order valence-corrected chi connectivity index (χ2v) is 4.99. The zero-order chi connectivity index (χ0) is 14.9. The van der Waals surface area contributed by atoms with E-state index in [1.807, 2.05) is 0 Å². The second kappa shape index (κ2) is 5.95. The molecule has 0 radical (unpaired) electrons. The highest BCUT2D eigenvalue weighted by Crippen LogP contribution is 2.26. The van der Waals surface area contributed by atoms with Crippen LogP contribution >= 0.6 is 23.2 Å². The minimum absolute atomic E-state index is 0.0305. The van der Waals surface area contributed by atoms with E-state index >= 15 is 0 Å². The number of hydrogen-bond donors (Lipinski definition) is 1. The molecule has 1 heterocycles. The maximum absolute atomic E-state index is 13.4. The number of amides is 1. The smallest absolute Gasteiger partial charge is 0.328 e. The number of hydrogen-bond acceptors (Lipinski definition) is 3. The van der Waals surface area contributed by atoms with Crippen molar-refractivity contribution in [3.05, 3.63) is 33.6 Å². The van der Waals surface area contributed by atoms with Gasteiger partial charge in [-0.1, -0.05) is 23.2 Å². The molecular formula is C12H10Cl2FNO4. The lowest BCUT2D eigenvalue weighted by Crippen LogP contribution is -2.52. The Balaban J connectivity index is 2.34. The van der Waals surface area contributed by atoms with Crippen LogP contribution in [-0.4, -0.2) is 47.7 Å². The number of carbonyl (C=O) groups excluding carboxylic acids is 1. The number of morpholine rings is 1. The number of nitrogens with zero attached hydrogens (tertiary/aromatic N) is 1. The Kier molecular flexibility index (Phi) is 4.47. The van der Waals surface area contributed by atoms with Gasteiger partial charge in [0.05, 0.1) is 28.8 Å². The molecule has 0 aliphatic carbocycles. The number of carboxylic acids is 1. The summed E-state index contributed by atoms with van der Waals surface area (Å²) in [5.74, 6) is -2.65. The zero-order valence-electron chi connectivity index (χ0n) is 10.1. The van der Waals surface area contributed by atoms with Crippen molar-refractivity contribution in [1.29, 1.82) is 0 Å². The highest BCUT2D eigenvalue weighted by Gasteiger charge is 2.34. The highest BCUT2D eigenvalue weighted by atomic mass is 35.5. The van der Waals surface area contributed by atoms with E-state index in [0.717, 1.165) is 17.0 Å². The Morgan fingerprint density at radius 1 is 1.35 bits per heavy atom. The molecule has 1 atom stereocenters. The van der Waals surface area contributed by atoms with Gasteiger partial charge in [0.1, 0.15) is 5.82 Å². The number of carbonyl (C=O) groups is 2. The molecule has 1 unspecified atom stereocenters. The quantitative estimate of drug-likeness (QED) is 0.847. The Labute approximate surface area is 123 Å². The Bertz CT molecular complexity index is 567. The number of aliphatic carboxylic acids is 1. The van der Waals surface area contributed by atoms with Gasteiger partial charge in [-0.15, -0.1) is 0 Å². The maximum atomic E-state index is 13.4. The maximum Gasteiger partial charge on any atom is 0.328 e. The first-order valence-electron chi connectivity index (χ1n) is 5.68. The Morgan fingerprint density at radius 3 is 2.70 bits per heavy atom. The first kappa shape index (κ1) is 15.0. The average Bonchev–Trinajstić information content (AvgIpc) is 2.42. The normalized spacial score (nSPS) is 18.9. The van der Waals surface area contributed by atoms with E-state index in [1.165, 1.54) is 0 Å². The van der Waals surface area contributed by atoms with Crippen LogP contribution in [0.4, 0.5) is 4.39 Å². The van der Waals surface area contributed by atoms with Gasteiger partial charge in [-0.25, -0.2) is 9.18 Å². The largest absolute Gasteiger partial charge is 0.480 e. The van der Waals surface area contributed by atoms with Crippen LogP contribution < -0.4 is 0 Å². The first-order valence-corrected chi connectivity index (χ1v) is 6.43. The topological polar surface area (TPSA) is 66.8 Å². The molecule has 1 aromatic carbocycles. The van der Waals surface area contributed by atoms with Crippen molar-refractivity contribution in [2.45, 2.75) is 6.04 Å². The molecule has 1 amide bonds. The summed E-state index contributed by atoms with van der Waals surface area (Å²) in [6, 6.07) is 0.898. The van der Waals surface area contributed by atoms with Gasteiger partial charge in [0.2, 0.25) is 0 Å². The van der Waals surface area contributed by atoms with Gasteiger partial charge in [-0.05, 0) is 12.1 Å². The fourth-order valence-corrected chi connectivity index (χ4v) is 2.36. The van der Waals surface area contributed by atoms with Gasteiger partial charge < -0.3 is 14.7 Å². The van der Waals surface area contributed by atoms with Crippen molar-refractivity contribution >= 4 is 35.1 Å². The summed E-state index contributed by atoms with van der Waals surface area (Å²) >= 11 is 11.4. The van der Waals surface area contributed by atoms with E-state index in [-0.39, 0.29) is 35.4 Å². The van der Waals surface area contributed by atoms with Crippen molar-refractivity contribution in [2.75, 3.05) is 19.8 Å². The molecule has 0 spiro atoms. The van der Waals surface area contributed by atoms with Crippen LogP contribution in [0, 0.1) is 5.82 Å². The molecule has 1 N–H and O–H groups in total. The molecule has 0 aromatic heterocycles. The molecule has 1 fully saturated rings. The molecule has 1 aliphatic rings. The first-order chi connectivity index (χ1) is 9.41. The molecule has 20 heavy (non-hydrogen) atoms. The van der Waals surface area contributed by atoms with Crippen LogP contribution in [0.1, 0.15) is 10.4 Å². The summed E-state index contributed by atoms with van der Waals surface area (Å²) in [6.07, 6.45) is 0. The van der Waals surface area contributed by atoms with E-state index in [1.54, 1.807) is 0 Å². The summed E-state index contributed by atoms with van der Waals surface area (Å²) < 4.78 is 18.5.